The SMILES string of the molecule is CCCNC(=O)C(Cc1ccccc1)N(Cc1ccc(F)cc1)C(=O)CCCN(c1ccccc1)S(C)(=O)=O. The molecule has 0 spiro atoms. The van der Waals surface area contributed by atoms with E-state index in [9.17, 15) is 22.4 Å². The van der Waals surface area contributed by atoms with Gasteiger partial charge in [-0.3, -0.25) is 13.9 Å². The maximum atomic E-state index is 13.7. The van der Waals surface area contributed by atoms with E-state index < -0.39 is 16.1 Å². The molecule has 1 N–H and O–H groups in total. The standard InChI is InChI=1S/C30H36FN3O4S/c1-3-20-32-30(36)28(22-24-11-6-4-7-12-24)33(23-25-16-18-26(31)19-17-25)29(35)15-10-21-34(39(2,37)38)27-13-8-5-9-14-27/h4-9,11-14,16-19,28H,3,10,15,20-23H2,1-2H3,(H,32,36). The zero-order chi connectivity index (χ0) is 28.3. The molecule has 0 aliphatic rings. The predicted octanol–water partition coefficient (Wildman–Crippen LogP) is 4.54. The molecular formula is C30H36FN3O4S. The van der Waals surface area contributed by atoms with Crippen LogP contribution in [0.2, 0.25) is 0 Å². The molecule has 7 nitrogen and oxygen atoms in total. The van der Waals surface area contributed by atoms with Crippen molar-refractivity contribution in [2.45, 2.75) is 45.2 Å². The Kier molecular flexibility index (Phi) is 11.0. The van der Waals surface area contributed by atoms with E-state index in [0.717, 1.165) is 18.2 Å². The van der Waals surface area contributed by atoms with Crippen molar-refractivity contribution in [2.75, 3.05) is 23.7 Å². The number of hydrogen-bond acceptors (Lipinski definition) is 4. The second-order valence-electron chi connectivity index (χ2n) is 9.42. The molecule has 0 fully saturated rings. The highest BCUT2D eigenvalue weighted by Gasteiger charge is 2.30. The van der Waals surface area contributed by atoms with Crippen LogP contribution in [-0.4, -0.2) is 50.5 Å². The fraction of sp³-hybridized carbons (Fsp3) is 0.333. The highest BCUT2D eigenvalue weighted by atomic mass is 32.2. The number of hydrogen-bond donors (Lipinski definition) is 1. The first-order chi connectivity index (χ1) is 18.7. The van der Waals surface area contributed by atoms with Crippen LogP contribution in [0.5, 0.6) is 0 Å². The fourth-order valence-electron chi connectivity index (χ4n) is 4.30. The monoisotopic (exact) mass is 553 g/mol. The first kappa shape index (κ1) is 29.8. The molecule has 39 heavy (non-hydrogen) atoms. The minimum atomic E-state index is -3.56. The van der Waals surface area contributed by atoms with Gasteiger partial charge < -0.3 is 10.2 Å². The third-order valence-electron chi connectivity index (χ3n) is 6.28. The number of para-hydroxylation sites is 1. The van der Waals surface area contributed by atoms with Crippen molar-refractivity contribution in [3.05, 3.63) is 102 Å². The van der Waals surface area contributed by atoms with Gasteiger partial charge in [-0.1, -0.05) is 67.6 Å². The molecule has 208 valence electrons. The molecule has 0 heterocycles. The quantitative estimate of drug-likeness (QED) is 0.318. The molecule has 2 amide bonds. The molecule has 9 heteroatoms. The molecule has 0 aromatic heterocycles. The van der Waals surface area contributed by atoms with Crippen molar-refractivity contribution < 1.29 is 22.4 Å². The molecule has 3 aromatic carbocycles. The smallest absolute Gasteiger partial charge is 0.243 e. The van der Waals surface area contributed by atoms with Crippen LogP contribution in [-0.2, 0) is 32.6 Å². The summed E-state index contributed by atoms with van der Waals surface area (Å²) in [6.07, 6.45) is 2.48. The maximum absolute atomic E-state index is 13.7. The Balaban J connectivity index is 1.85. The number of benzene rings is 3. The minimum Gasteiger partial charge on any atom is -0.354 e. The third-order valence-corrected chi connectivity index (χ3v) is 7.48. The number of nitrogens with zero attached hydrogens (tertiary/aromatic N) is 2. The lowest BCUT2D eigenvalue weighted by Crippen LogP contribution is -2.50. The zero-order valence-electron chi connectivity index (χ0n) is 22.4. The van der Waals surface area contributed by atoms with Gasteiger partial charge in [-0.15, -0.1) is 0 Å². The third kappa shape index (κ3) is 9.21. The van der Waals surface area contributed by atoms with Crippen LogP contribution in [0.1, 0.15) is 37.3 Å². The second kappa shape index (κ2) is 14.4. The lowest BCUT2D eigenvalue weighted by Gasteiger charge is -2.32. The summed E-state index contributed by atoms with van der Waals surface area (Å²) >= 11 is 0. The van der Waals surface area contributed by atoms with Crippen molar-refractivity contribution in [2.24, 2.45) is 0 Å². The average molecular weight is 554 g/mol. The molecule has 0 bridgehead atoms. The highest BCUT2D eigenvalue weighted by molar-refractivity contribution is 7.92. The largest absolute Gasteiger partial charge is 0.354 e. The molecule has 0 aliphatic carbocycles. The van der Waals surface area contributed by atoms with E-state index in [1.165, 1.54) is 21.3 Å². The van der Waals surface area contributed by atoms with Gasteiger partial charge >= 0.3 is 0 Å². The van der Waals surface area contributed by atoms with Crippen LogP contribution in [0.15, 0.2) is 84.9 Å². The predicted molar refractivity (Wildman–Crippen MR) is 152 cm³/mol. The normalized spacial score (nSPS) is 12.0. The Labute approximate surface area is 230 Å². The van der Waals surface area contributed by atoms with Gasteiger partial charge in [0, 0.05) is 32.5 Å². The van der Waals surface area contributed by atoms with Gasteiger partial charge in [0.1, 0.15) is 11.9 Å². The number of anilines is 1. The molecule has 0 aliphatic heterocycles. The average Bonchev–Trinajstić information content (AvgIpc) is 2.93. The lowest BCUT2D eigenvalue weighted by molar-refractivity contribution is -0.141. The first-order valence-electron chi connectivity index (χ1n) is 13.1. The van der Waals surface area contributed by atoms with Crippen LogP contribution >= 0.6 is 0 Å². The van der Waals surface area contributed by atoms with E-state index >= 15 is 0 Å². The van der Waals surface area contributed by atoms with Crippen LogP contribution in [0.4, 0.5) is 10.1 Å². The molecule has 3 aromatic rings. The van der Waals surface area contributed by atoms with Gasteiger partial charge in [0.15, 0.2) is 0 Å². The Morgan fingerprint density at radius 2 is 1.51 bits per heavy atom. The molecule has 1 atom stereocenters. The molecule has 0 saturated carbocycles. The fourth-order valence-corrected chi connectivity index (χ4v) is 5.27. The second-order valence-corrected chi connectivity index (χ2v) is 11.3. The summed E-state index contributed by atoms with van der Waals surface area (Å²) in [6, 6.07) is 23.2. The zero-order valence-corrected chi connectivity index (χ0v) is 23.2. The van der Waals surface area contributed by atoms with Crippen LogP contribution in [0.3, 0.4) is 0 Å². The number of sulfonamides is 1. The van der Waals surface area contributed by atoms with E-state index in [4.69, 9.17) is 0 Å². The Bertz CT molecular complexity index is 1300. The molecule has 0 radical (unpaired) electrons. The van der Waals surface area contributed by atoms with Crippen molar-refractivity contribution in [1.29, 1.82) is 0 Å². The summed E-state index contributed by atoms with van der Waals surface area (Å²) in [5.74, 6) is -0.938. The summed E-state index contributed by atoms with van der Waals surface area (Å²) in [4.78, 5) is 28.6. The summed E-state index contributed by atoms with van der Waals surface area (Å²) in [5.41, 5.74) is 2.11. The number of amides is 2. The summed E-state index contributed by atoms with van der Waals surface area (Å²) in [7, 11) is -3.56. The minimum absolute atomic E-state index is 0.0341. The van der Waals surface area contributed by atoms with Gasteiger partial charge in [-0.25, -0.2) is 12.8 Å². The van der Waals surface area contributed by atoms with Crippen LogP contribution in [0, 0.1) is 5.82 Å². The van der Waals surface area contributed by atoms with E-state index in [1.807, 2.05) is 37.3 Å². The van der Waals surface area contributed by atoms with E-state index in [2.05, 4.69) is 5.32 Å². The Morgan fingerprint density at radius 1 is 0.897 bits per heavy atom. The number of carbonyl (C=O) groups is 2. The number of carbonyl (C=O) groups excluding carboxylic acids is 2. The van der Waals surface area contributed by atoms with Gasteiger partial charge in [0.25, 0.3) is 0 Å². The van der Waals surface area contributed by atoms with Crippen LogP contribution in [0.25, 0.3) is 0 Å². The first-order valence-corrected chi connectivity index (χ1v) is 14.9. The van der Waals surface area contributed by atoms with Gasteiger partial charge in [-0.05, 0) is 48.2 Å². The van der Waals surface area contributed by atoms with E-state index in [0.29, 0.717) is 24.2 Å². The topological polar surface area (TPSA) is 86.8 Å². The highest BCUT2D eigenvalue weighted by Crippen LogP contribution is 2.20. The number of nitrogens with one attached hydrogen (secondary N) is 1. The van der Waals surface area contributed by atoms with E-state index in [-0.39, 0.29) is 43.6 Å². The molecule has 3 rings (SSSR count). The van der Waals surface area contributed by atoms with Crippen molar-refractivity contribution in [3.8, 4) is 0 Å². The van der Waals surface area contributed by atoms with Crippen molar-refractivity contribution in [3.63, 3.8) is 0 Å². The Hall–Kier alpha value is -3.72. The Morgan fingerprint density at radius 3 is 2.10 bits per heavy atom. The summed E-state index contributed by atoms with van der Waals surface area (Å²) in [6.45, 7) is 2.66. The molecule has 1 unspecified atom stereocenters. The van der Waals surface area contributed by atoms with E-state index in [1.54, 1.807) is 42.5 Å². The van der Waals surface area contributed by atoms with Crippen molar-refractivity contribution in [1.82, 2.24) is 10.2 Å². The van der Waals surface area contributed by atoms with Gasteiger partial charge in [-0.2, -0.15) is 0 Å². The number of rotatable bonds is 14. The molecule has 0 saturated heterocycles. The van der Waals surface area contributed by atoms with Crippen molar-refractivity contribution >= 4 is 27.5 Å². The van der Waals surface area contributed by atoms with Gasteiger partial charge in [0.05, 0.1) is 11.9 Å². The number of halogens is 1. The molecular weight excluding hydrogens is 517 g/mol. The summed E-state index contributed by atoms with van der Waals surface area (Å²) < 4.78 is 39.8. The van der Waals surface area contributed by atoms with Gasteiger partial charge in [0.2, 0.25) is 21.8 Å². The summed E-state index contributed by atoms with van der Waals surface area (Å²) in [5, 5.41) is 2.92. The van der Waals surface area contributed by atoms with Crippen LogP contribution < -0.4 is 9.62 Å². The maximum Gasteiger partial charge on any atom is 0.243 e. The lowest BCUT2D eigenvalue weighted by atomic mass is 10.0.